The Hall–Kier alpha value is -7.39. The summed E-state index contributed by atoms with van der Waals surface area (Å²) in [5, 5.41) is 34.0. The van der Waals surface area contributed by atoms with Crippen LogP contribution in [0.25, 0.3) is 77.2 Å². The molecular weight excluding hydrogens is 611 g/mol. The molecule has 0 aliphatic carbocycles. The lowest BCUT2D eigenvalue weighted by Crippen LogP contribution is -2.00. The second-order valence-electron chi connectivity index (χ2n) is 12.3. The first kappa shape index (κ1) is 28.8. The third kappa shape index (κ3) is 4.24. The van der Waals surface area contributed by atoms with E-state index in [1.165, 1.54) is 0 Å². The van der Waals surface area contributed by atoms with E-state index in [-0.39, 0.29) is 0 Å². The SMILES string of the molecule is N#Cc1ccc2c(c1)c1ccccc1n2-c1cc(-c2ccccc2-c2ccccc2-n2c3ccccc3c3c(C#N)cccc32)ccc1C#N. The van der Waals surface area contributed by atoms with Crippen LogP contribution in [0, 0.1) is 34.0 Å². The molecule has 0 atom stereocenters. The molecule has 0 fully saturated rings. The summed E-state index contributed by atoms with van der Waals surface area (Å²) >= 11 is 0. The molecule has 0 bridgehead atoms. The molecule has 0 N–H and O–H groups in total. The highest BCUT2D eigenvalue weighted by Gasteiger charge is 2.20. The van der Waals surface area contributed by atoms with E-state index in [0.717, 1.165) is 77.2 Å². The van der Waals surface area contributed by atoms with Gasteiger partial charge in [0.1, 0.15) is 6.07 Å². The molecule has 0 aliphatic heterocycles. The van der Waals surface area contributed by atoms with Crippen LogP contribution in [-0.4, -0.2) is 9.13 Å². The maximum Gasteiger partial charge on any atom is 0.101 e. The molecule has 0 saturated heterocycles. The molecule has 0 amide bonds. The number of fused-ring (bicyclic) bond motifs is 6. The number of nitrogens with zero attached hydrogens (tertiary/aromatic N) is 5. The van der Waals surface area contributed by atoms with Crippen molar-refractivity contribution >= 4 is 43.6 Å². The molecule has 0 spiro atoms. The standard InChI is InChI=1S/C45H25N5/c46-26-29-20-23-42-38(24-29)36-14-4-7-17-40(36)50(42)44-25-30(21-22-31(44)27-47)33-11-1-2-12-34(33)35-13-3-6-16-39(35)49-41-18-8-5-15-37(41)45-32(28-48)10-9-19-43(45)49/h1-25H. The van der Waals surface area contributed by atoms with Gasteiger partial charge in [-0.05, 0) is 77.4 Å². The molecule has 2 aromatic heterocycles. The average Bonchev–Trinajstić information content (AvgIpc) is 3.70. The first-order valence-electron chi connectivity index (χ1n) is 16.3. The van der Waals surface area contributed by atoms with E-state index in [1.807, 2.05) is 72.8 Å². The molecule has 0 aliphatic rings. The molecule has 0 radical (unpaired) electrons. The maximum absolute atomic E-state index is 10.4. The monoisotopic (exact) mass is 635 g/mol. The number of para-hydroxylation sites is 3. The van der Waals surface area contributed by atoms with E-state index in [4.69, 9.17) is 0 Å². The summed E-state index contributed by atoms with van der Waals surface area (Å²) in [4.78, 5) is 0. The molecule has 2 heterocycles. The zero-order valence-electron chi connectivity index (χ0n) is 26.7. The Morgan fingerprint density at radius 3 is 1.78 bits per heavy atom. The van der Waals surface area contributed by atoms with Crippen molar-refractivity contribution in [1.29, 1.82) is 15.8 Å². The summed E-state index contributed by atoms with van der Waals surface area (Å²) in [5.74, 6) is 0. The van der Waals surface area contributed by atoms with Gasteiger partial charge in [0.2, 0.25) is 0 Å². The van der Waals surface area contributed by atoms with Crippen LogP contribution in [0.3, 0.4) is 0 Å². The summed E-state index contributed by atoms with van der Waals surface area (Å²) in [5.41, 5.74) is 11.6. The number of aromatic nitrogens is 2. The van der Waals surface area contributed by atoms with Crippen molar-refractivity contribution in [2.24, 2.45) is 0 Å². The summed E-state index contributed by atoms with van der Waals surface area (Å²) in [7, 11) is 0. The van der Waals surface area contributed by atoms with Crippen molar-refractivity contribution < 1.29 is 0 Å². The van der Waals surface area contributed by atoms with E-state index in [1.54, 1.807) is 0 Å². The molecule has 0 unspecified atom stereocenters. The fourth-order valence-electron chi connectivity index (χ4n) is 7.52. The Morgan fingerprint density at radius 2 is 1.00 bits per heavy atom. The quantitative estimate of drug-likeness (QED) is 0.193. The van der Waals surface area contributed by atoms with Crippen molar-refractivity contribution in [3.8, 4) is 51.8 Å². The lowest BCUT2D eigenvalue weighted by Gasteiger charge is -2.18. The van der Waals surface area contributed by atoms with Crippen molar-refractivity contribution in [2.45, 2.75) is 0 Å². The van der Waals surface area contributed by atoms with Crippen molar-refractivity contribution in [3.05, 3.63) is 168 Å². The van der Waals surface area contributed by atoms with E-state index in [2.05, 4.69) is 106 Å². The topological polar surface area (TPSA) is 81.2 Å². The first-order chi connectivity index (χ1) is 24.7. The van der Waals surface area contributed by atoms with Crippen LogP contribution in [0.2, 0.25) is 0 Å². The molecule has 7 aromatic carbocycles. The highest BCUT2D eigenvalue weighted by atomic mass is 15.0. The second kappa shape index (κ2) is 11.4. The van der Waals surface area contributed by atoms with Gasteiger partial charge in [0.25, 0.3) is 0 Å². The van der Waals surface area contributed by atoms with Gasteiger partial charge in [0.05, 0.1) is 62.3 Å². The fourth-order valence-corrected chi connectivity index (χ4v) is 7.52. The zero-order valence-corrected chi connectivity index (χ0v) is 26.7. The Kier molecular flexibility index (Phi) is 6.56. The normalized spacial score (nSPS) is 11.1. The number of hydrogen-bond acceptors (Lipinski definition) is 3. The third-order valence-electron chi connectivity index (χ3n) is 9.65. The summed E-state index contributed by atoms with van der Waals surface area (Å²) in [6.45, 7) is 0. The van der Waals surface area contributed by atoms with Crippen LogP contribution in [0.15, 0.2) is 152 Å². The zero-order chi connectivity index (χ0) is 33.8. The minimum Gasteiger partial charge on any atom is -0.309 e. The van der Waals surface area contributed by atoms with Crippen LogP contribution in [0.4, 0.5) is 0 Å². The highest BCUT2D eigenvalue weighted by Crippen LogP contribution is 2.41. The van der Waals surface area contributed by atoms with Gasteiger partial charge in [-0.25, -0.2) is 0 Å². The molecular formula is C45H25N5. The Bertz CT molecular complexity index is 2970. The van der Waals surface area contributed by atoms with Crippen LogP contribution in [0.1, 0.15) is 16.7 Å². The first-order valence-corrected chi connectivity index (χ1v) is 16.3. The Balaban J connectivity index is 1.29. The van der Waals surface area contributed by atoms with Gasteiger partial charge in [0, 0.05) is 27.1 Å². The van der Waals surface area contributed by atoms with Crippen LogP contribution in [0.5, 0.6) is 0 Å². The Morgan fingerprint density at radius 1 is 0.380 bits per heavy atom. The lowest BCUT2D eigenvalue weighted by atomic mass is 9.92. The van der Waals surface area contributed by atoms with Crippen molar-refractivity contribution in [2.75, 3.05) is 0 Å². The summed E-state index contributed by atoms with van der Waals surface area (Å²) < 4.78 is 4.39. The van der Waals surface area contributed by atoms with Crippen LogP contribution in [-0.2, 0) is 0 Å². The fraction of sp³-hybridized carbons (Fsp3) is 0. The lowest BCUT2D eigenvalue weighted by molar-refractivity contribution is 1.17. The number of rotatable bonds is 4. The van der Waals surface area contributed by atoms with Crippen LogP contribution >= 0.6 is 0 Å². The van der Waals surface area contributed by atoms with Crippen molar-refractivity contribution in [1.82, 2.24) is 9.13 Å². The van der Waals surface area contributed by atoms with E-state index < -0.39 is 0 Å². The molecule has 5 nitrogen and oxygen atoms in total. The predicted molar refractivity (Wildman–Crippen MR) is 200 cm³/mol. The molecule has 230 valence electrons. The van der Waals surface area contributed by atoms with E-state index in [9.17, 15) is 15.8 Å². The largest absolute Gasteiger partial charge is 0.309 e. The van der Waals surface area contributed by atoms with E-state index >= 15 is 0 Å². The van der Waals surface area contributed by atoms with E-state index in [0.29, 0.717) is 16.7 Å². The second-order valence-corrected chi connectivity index (χ2v) is 12.3. The number of benzene rings is 7. The smallest absolute Gasteiger partial charge is 0.101 e. The average molecular weight is 636 g/mol. The van der Waals surface area contributed by atoms with Gasteiger partial charge in [-0.15, -0.1) is 0 Å². The van der Waals surface area contributed by atoms with Gasteiger partial charge >= 0.3 is 0 Å². The minimum atomic E-state index is 0.553. The third-order valence-corrected chi connectivity index (χ3v) is 9.65. The molecule has 50 heavy (non-hydrogen) atoms. The van der Waals surface area contributed by atoms with Gasteiger partial charge in [-0.1, -0.05) is 91.0 Å². The minimum absolute atomic E-state index is 0.553. The summed E-state index contributed by atoms with van der Waals surface area (Å²) in [6, 6.07) is 57.9. The predicted octanol–water partition coefficient (Wildman–Crippen LogP) is 10.8. The van der Waals surface area contributed by atoms with Gasteiger partial charge in [-0.2, -0.15) is 15.8 Å². The number of hydrogen-bond donors (Lipinski definition) is 0. The highest BCUT2D eigenvalue weighted by molar-refractivity contribution is 6.13. The summed E-state index contributed by atoms with van der Waals surface area (Å²) in [6.07, 6.45) is 0. The molecule has 9 aromatic rings. The molecule has 9 rings (SSSR count). The van der Waals surface area contributed by atoms with Gasteiger partial charge < -0.3 is 9.13 Å². The van der Waals surface area contributed by atoms with Crippen LogP contribution < -0.4 is 0 Å². The number of nitriles is 3. The molecule has 0 saturated carbocycles. The van der Waals surface area contributed by atoms with Crippen molar-refractivity contribution in [3.63, 3.8) is 0 Å². The molecule has 5 heteroatoms. The van der Waals surface area contributed by atoms with Gasteiger partial charge in [0.15, 0.2) is 0 Å². The van der Waals surface area contributed by atoms with Gasteiger partial charge in [-0.3, -0.25) is 0 Å². The Labute approximate surface area is 287 Å². The maximum atomic E-state index is 10.4.